The van der Waals surface area contributed by atoms with Crippen molar-refractivity contribution >= 4 is 51.3 Å². The van der Waals surface area contributed by atoms with Gasteiger partial charge in [-0.15, -0.1) is 35.3 Å². The molecule has 3 heterocycles. The molecule has 0 aliphatic carbocycles. The fourth-order valence-electron chi connectivity index (χ4n) is 2.78. The van der Waals surface area contributed by atoms with Crippen LogP contribution in [0.3, 0.4) is 0 Å². The Morgan fingerprint density at radius 3 is 2.73 bits per heavy atom. The molecule has 2 fully saturated rings. The molecule has 3 rings (SSSR count). The second kappa shape index (κ2) is 9.64. The molecule has 0 amide bonds. The minimum atomic E-state index is -3.44. The normalized spacial score (nSPS) is 22.9. The smallest absolute Gasteiger partial charge is 0.252 e. The van der Waals surface area contributed by atoms with Crippen molar-refractivity contribution in [3.05, 3.63) is 17.0 Å². The molecule has 0 spiro atoms. The van der Waals surface area contributed by atoms with Gasteiger partial charge in [0.1, 0.15) is 4.21 Å². The maximum Gasteiger partial charge on any atom is 0.252 e. The summed E-state index contributed by atoms with van der Waals surface area (Å²) in [6.45, 7) is 6.14. The molecular weight excluding hydrogens is 491 g/mol. The standard InChI is InChI=1S/C15H24N4O4S2.HI/c1-12-11-18(4-9-23-12)15(16)17-10-13-2-3-14(24-13)25(20,21)19-5-7-22-8-6-19;/h2-3,12H,4-11H2,1H3,(H2,16,17);1H. The van der Waals surface area contributed by atoms with Crippen molar-refractivity contribution < 1.29 is 17.9 Å². The molecule has 11 heteroatoms. The van der Waals surface area contributed by atoms with E-state index < -0.39 is 10.0 Å². The maximum absolute atomic E-state index is 12.6. The quantitative estimate of drug-likeness (QED) is 0.363. The van der Waals surface area contributed by atoms with Gasteiger partial charge in [-0.1, -0.05) is 0 Å². The Balaban J connectivity index is 0.00000243. The van der Waals surface area contributed by atoms with Gasteiger partial charge in [-0.3, -0.25) is 0 Å². The average molecular weight is 516 g/mol. The van der Waals surface area contributed by atoms with Crippen LogP contribution in [0.15, 0.2) is 21.3 Å². The van der Waals surface area contributed by atoms with Crippen LogP contribution < -0.4 is 5.73 Å². The number of halogens is 1. The van der Waals surface area contributed by atoms with Crippen LogP contribution in [-0.2, 0) is 26.0 Å². The molecule has 2 aliphatic heterocycles. The number of hydrogen-bond donors (Lipinski definition) is 1. The summed E-state index contributed by atoms with van der Waals surface area (Å²) in [6, 6.07) is 3.45. The van der Waals surface area contributed by atoms with E-state index in [-0.39, 0.29) is 30.1 Å². The Bertz CT molecular complexity index is 719. The fourth-order valence-corrected chi connectivity index (χ4v) is 5.62. The molecule has 1 unspecified atom stereocenters. The predicted molar refractivity (Wildman–Crippen MR) is 112 cm³/mol. The van der Waals surface area contributed by atoms with E-state index in [1.165, 1.54) is 15.6 Å². The molecule has 2 N–H and O–H groups in total. The van der Waals surface area contributed by atoms with Crippen molar-refractivity contribution in [2.24, 2.45) is 10.7 Å². The van der Waals surface area contributed by atoms with Crippen LogP contribution in [0, 0.1) is 0 Å². The number of thiophene rings is 1. The lowest BCUT2D eigenvalue weighted by molar-refractivity contribution is 0.00529. The summed E-state index contributed by atoms with van der Waals surface area (Å²) in [5.41, 5.74) is 6.05. The second-order valence-corrected chi connectivity index (χ2v) is 9.37. The zero-order valence-corrected chi connectivity index (χ0v) is 18.6. The van der Waals surface area contributed by atoms with Gasteiger partial charge in [0.25, 0.3) is 10.0 Å². The third kappa shape index (κ3) is 5.29. The van der Waals surface area contributed by atoms with Gasteiger partial charge in [0.05, 0.1) is 32.5 Å². The number of hydrogen-bond acceptors (Lipinski definition) is 6. The molecule has 2 saturated heterocycles. The topological polar surface area (TPSA) is 97.5 Å². The maximum atomic E-state index is 12.6. The number of nitrogens with zero attached hydrogens (tertiary/aromatic N) is 3. The summed E-state index contributed by atoms with van der Waals surface area (Å²) < 4.78 is 37.8. The van der Waals surface area contributed by atoms with Crippen molar-refractivity contribution in [1.29, 1.82) is 0 Å². The molecule has 0 saturated carbocycles. The summed E-state index contributed by atoms with van der Waals surface area (Å²) >= 11 is 1.25. The summed E-state index contributed by atoms with van der Waals surface area (Å²) in [4.78, 5) is 7.27. The van der Waals surface area contributed by atoms with Crippen LogP contribution >= 0.6 is 35.3 Å². The lowest BCUT2D eigenvalue weighted by atomic mass is 10.3. The molecule has 0 aromatic carbocycles. The van der Waals surface area contributed by atoms with Gasteiger partial charge in [-0.25, -0.2) is 13.4 Å². The average Bonchev–Trinajstić information content (AvgIpc) is 3.10. The molecule has 1 aromatic heterocycles. The number of morpholine rings is 2. The molecule has 1 aromatic rings. The highest BCUT2D eigenvalue weighted by molar-refractivity contribution is 14.0. The zero-order chi connectivity index (χ0) is 17.9. The van der Waals surface area contributed by atoms with E-state index in [4.69, 9.17) is 15.2 Å². The van der Waals surface area contributed by atoms with Gasteiger partial charge in [0.2, 0.25) is 0 Å². The van der Waals surface area contributed by atoms with Gasteiger partial charge in [0, 0.05) is 31.1 Å². The molecule has 0 bridgehead atoms. The lowest BCUT2D eigenvalue weighted by Crippen LogP contribution is -2.47. The minimum Gasteiger partial charge on any atom is -0.379 e. The third-order valence-electron chi connectivity index (χ3n) is 4.16. The van der Waals surface area contributed by atoms with Gasteiger partial charge in [-0.05, 0) is 19.1 Å². The highest BCUT2D eigenvalue weighted by Crippen LogP contribution is 2.26. The van der Waals surface area contributed by atoms with Gasteiger partial charge < -0.3 is 20.1 Å². The first-order valence-electron chi connectivity index (χ1n) is 8.30. The Hall–Kier alpha value is -0.470. The van der Waals surface area contributed by atoms with E-state index >= 15 is 0 Å². The fraction of sp³-hybridized carbons (Fsp3) is 0.667. The van der Waals surface area contributed by atoms with Crippen LogP contribution in [0.2, 0.25) is 0 Å². The van der Waals surface area contributed by atoms with E-state index in [0.717, 1.165) is 18.0 Å². The Kier molecular flexibility index (Phi) is 8.09. The Morgan fingerprint density at radius 1 is 1.31 bits per heavy atom. The van der Waals surface area contributed by atoms with E-state index in [9.17, 15) is 8.42 Å². The number of sulfonamides is 1. The number of ether oxygens (including phenoxy) is 2. The first-order chi connectivity index (χ1) is 12.0. The van der Waals surface area contributed by atoms with E-state index in [1.54, 1.807) is 12.1 Å². The van der Waals surface area contributed by atoms with E-state index in [0.29, 0.717) is 49.6 Å². The highest BCUT2D eigenvalue weighted by Gasteiger charge is 2.27. The lowest BCUT2D eigenvalue weighted by Gasteiger charge is -2.31. The number of guanidine groups is 1. The number of rotatable bonds is 4. The summed E-state index contributed by atoms with van der Waals surface area (Å²) in [5.74, 6) is 0.473. The highest BCUT2D eigenvalue weighted by atomic mass is 127. The number of nitrogens with two attached hydrogens (primary N) is 1. The van der Waals surface area contributed by atoms with Crippen molar-refractivity contribution in [2.45, 2.75) is 23.8 Å². The van der Waals surface area contributed by atoms with Crippen LogP contribution in [0.1, 0.15) is 11.8 Å². The molecular formula is C15H25IN4O4S2. The SMILES string of the molecule is CC1CN(C(N)=NCc2ccc(S(=O)(=O)N3CCOCC3)s2)CCO1.I. The van der Waals surface area contributed by atoms with Crippen LogP contribution in [0.5, 0.6) is 0 Å². The monoisotopic (exact) mass is 516 g/mol. The largest absolute Gasteiger partial charge is 0.379 e. The third-order valence-corrected chi connectivity index (χ3v) is 7.60. The second-order valence-electron chi connectivity index (χ2n) is 6.04. The molecule has 148 valence electrons. The van der Waals surface area contributed by atoms with Crippen LogP contribution in [0.4, 0.5) is 0 Å². The molecule has 0 radical (unpaired) electrons. The minimum absolute atomic E-state index is 0. The number of aliphatic imine (C=N–C) groups is 1. The molecule has 1 atom stereocenters. The van der Waals surface area contributed by atoms with Gasteiger partial charge >= 0.3 is 0 Å². The first-order valence-corrected chi connectivity index (χ1v) is 10.6. The summed E-state index contributed by atoms with van der Waals surface area (Å²) in [5, 5.41) is 0. The van der Waals surface area contributed by atoms with E-state index in [2.05, 4.69) is 4.99 Å². The Labute approximate surface area is 175 Å². The first kappa shape index (κ1) is 21.8. The zero-order valence-electron chi connectivity index (χ0n) is 14.7. The molecule has 8 nitrogen and oxygen atoms in total. The van der Waals surface area contributed by atoms with E-state index in [1.807, 2.05) is 11.8 Å². The van der Waals surface area contributed by atoms with Crippen molar-refractivity contribution in [1.82, 2.24) is 9.21 Å². The Morgan fingerprint density at radius 2 is 2.04 bits per heavy atom. The summed E-state index contributed by atoms with van der Waals surface area (Å²) in [6.07, 6.45) is 0.134. The van der Waals surface area contributed by atoms with Crippen molar-refractivity contribution in [3.63, 3.8) is 0 Å². The molecule has 26 heavy (non-hydrogen) atoms. The predicted octanol–water partition coefficient (Wildman–Crippen LogP) is 0.922. The summed E-state index contributed by atoms with van der Waals surface area (Å²) in [7, 11) is -3.44. The van der Waals surface area contributed by atoms with Gasteiger partial charge in [0.15, 0.2) is 5.96 Å². The van der Waals surface area contributed by atoms with Gasteiger partial charge in [-0.2, -0.15) is 4.31 Å². The molecule has 2 aliphatic rings. The van der Waals surface area contributed by atoms with Crippen LogP contribution in [-0.4, -0.2) is 75.7 Å². The van der Waals surface area contributed by atoms with Crippen molar-refractivity contribution in [2.75, 3.05) is 46.0 Å². The van der Waals surface area contributed by atoms with Crippen molar-refractivity contribution in [3.8, 4) is 0 Å². The van der Waals surface area contributed by atoms with Crippen LogP contribution in [0.25, 0.3) is 0 Å².